The first kappa shape index (κ1) is 15.3. The molecular formula is C17H32O2. The Morgan fingerprint density at radius 1 is 1.21 bits per heavy atom. The van der Waals surface area contributed by atoms with E-state index in [-0.39, 0.29) is 0 Å². The van der Waals surface area contributed by atoms with Gasteiger partial charge in [0.1, 0.15) is 0 Å². The molecule has 0 radical (unpaired) electrons. The van der Waals surface area contributed by atoms with Gasteiger partial charge in [-0.25, -0.2) is 0 Å². The standard InChI is InChI=1S/C17H32O2/c1-4-16(2,3)14-7-10-17(18,11-8-14)12-9-15-6-5-13-19-15/h14-15,18H,4-13H2,1-3H3. The summed E-state index contributed by atoms with van der Waals surface area (Å²) >= 11 is 0. The maximum absolute atomic E-state index is 10.7. The molecule has 2 aliphatic rings. The molecule has 1 atom stereocenters. The van der Waals surface area contributed by atoms with Gasteiger partial charge in [0.2, 0.25) is 0 Å². The highest BCUT2D eigenvalue weighted by molar-refractivity contribution is 4.90. The minimum atomic E-state index is -0.397. The van der Waals surface area contributed by atoms with E-state index >= 15 is 0 Å². The maximum Gasteiger partial charge on any atom is 0.0649 e. The van der Waals surface area contributed by atoms with Gasteiger partial charge in [0.15, 0.2) is 0 Å². The van der Waals surface area contributed by atoms with Crippen molar-refractivity contribution in [3.8, 4) is 0 Å². The zero-order valence-corrected chi connectivity index (χ0v) is 13.1. The number of ether oxygens (including phenoxy) is 1. The first-order valence-corrected chi connectivity index (χ1v) is 8.29. The average Bonchev–Trinajstić information content (AvgIpc) is 2.90. The van der Waals surface area contributed by atoms with Crippen molar-refractivity contribution in [3.63, 3.8) is 0 Å². The van der Waals surface area contributed by atoms with Crippen LogP contribution in [0.25, 0.3) is 0 Å². The van der Waals surface area contributed by atoms with Crippen molar-refractivity contribution < 1.29 is 9.84 Å². The molecule has 1 aliphatic heterocycles. The highest BCUT2D eigenvalue weighted by Gasteiger charge is 2.38. The fourth-order valence-electron chi connectivity index (χ4n) is 3.78. The number of aliphatic hydroxyl groups is 1. The van der Waals surface area contributed by atoms with Crippen molar-refractivity contribution in [1.82, 2.24) is 0 Å². The molecule has 1 N–H and O–H groups in total. The Hall–Kier alpha value is -0.0800. The van der Waals surface area contributed by atoms with Gasteiger partial charge in [0.05, 0.1) is 11.7 Å². The van der Waals surface area contributed by atoms with Crippen LogP contribution >= 0.6 is 0 Å². The Morgan fingerprint density at radius 3 is 2.42 bits per heavy atom. The zero-order valence-electron chi connectivity index (χ0n) is 13.1. The van der Waals surface area contributed by atoms with Crippen LogP contribution in [-0.4, -0.2) is 23.4 Å². The highest BCUT2D eigenvalue weighted by Crippen LogP contribution is 2.44. The van der Waals surface area contributed by atoms with Gasteiger partial charge >= 0.3 is 0 Å². The maximum atomic E-state index is 10.7. The first-order valence-electron chi connectivity index (χ1n) is 8.29. The summed E-state index contributed by atoms with van der Waals surface area (Å²) in [6, 6.07) is 0. The monoisotopic (exact) mass is 268 g/mol. The molecule has 2 nitrogen and oxygen atoms in total. The van der Waals surface area contributed by atoms with E-state index < -0.39 is 5.60 Å². The molecule has 2 rings (SSSR count). The molecule has 2 fully saturated rings. The zero-order chi connectivity index (χ0) is 13.9. The van der Waals surface area contributed by atoms with Crippen molar-refractivity contribution in [3.05, 3.63) is 0 Å². The summed E-state index contributed by atoms with van der Waals surface area (Å²) in [6.07, 6.45) is 10.4. The molecule has 2 heteroatoms. The van der Waals surface area contributed by atoms with Gasteiger partial charge in [0.25, 0.3) is 0 Å². The quantitative estimate of drug-likeness (QED) is 0.805. The van der Waals surface area contributed by atoms with Gasteiger partial charge in [-0.05, 0) is 62.7 Å². The molecule has 1 aliphatic carbocycles. The second-order valence-electron chi connectivity index (χ2n) is 7.51. The van der Waals surface area contributed by atoms with E-state index in [1.165, 1.54) is 32.1 Å². The fourth-order valence-corrected chi connectivity index (χ4v) is 3.78. The lowest BCUT2D eigenvalue weighted by atomic mass is 9.65. The van der Waals surface area contributed by atoms with E-state index in [0.717, 1.165) is 38.2 Å². The summed E-state index contributed by atoms with van der Waals surface area (Å²) in [5, 5.41) is 10.7. The van der Waals surface area contributed by atoms with Gasteiger partial charge in [-0.2, -0.15) is 0 Å². The summed E-state index contributed by atoms with van der Waals surface area (Å²) in [5.74, 6) is 0.792. The van der Waals surface area contributed by atoms with Crippen molar-refractivity contribution in [2.45, 2.75) is 90.3 Å². The highest BCUT2D eigenvalue weighted by atomic mass is 16.5. The van der Waals surface area contributed by atoms with Gasteiger partial charge in [0, 0.05) is 6.61 Å². The van der Waals surface area contributed by atoms with Gasteiger partial charge in [-0.1, -0.05) is 27.2 Å². The van der Waals surface area contributed by atoms with E-state index in [1.54, 1.807) is 0 Å². The van der Waals surface area contributed by atoms with E-state index in [2.05, 4.69) is 20.8 Å². The minimum Gasteiger partial charge on any atom is -0.390 e. The summed E-state index contributed by atoms with van der Waals surface area (Å²) in [4.78, 5) is 0. The van der Waals surface area contributed by atoms with Crippen LogP contribution in [0, 0.1) is 11.3 Å². The summed E-state index contributed by atoms with van der Waals surface area (Å²) < 4.78 is 5.67. The molecule has 0 amide bonds. The van der Waals surface area contributed by atoms with Crippen LogP contribution in [0.15, 0.2) is 0 Å². The number of hydrogen-bond acceptors (Lipinski definition) is 2. The van der Waals surface area contributed by atoms with Gasteiger partial charge in [-0.15, -0.1) is 0 Å². The Morgan fingerprint density at radius 2 is 1.89 bits per heavy atom. The largest absolute Gasteiger partial charge is 0.390 e. The molecule has 1 heterocycles. The van der Waals surface area contributed by atoms with Crippen LogP contribution in [0.5, 0.6) is 0 Å². The van der Waals surface area contributed by atoms with E-state index in [4.69, 9.17) is 4.74 Å². The predicted octanol–water partition coefficient (Wildman–Crippen LogP) is 4.30. The van der Waals surface area contributed by atoms with Gasteiger partial charge in [-0.3, -0.25) is 0 Å². The van der Waals surface area contributed by atoms with E-state index in [9.17, 15) is 5.11 Å². The molecule has 112 valence electrons. The molecule has 0 aromatic rings. The molecule has 0 aromatic heterocycles. The lowest BCUT2D eigenvalue weighted by molar-refractivity contribution is -0.0437. The number of rotatable bonds is 5. The Kier molecular flexibility index (Phi) is 4.94. The molecule has 1 saturated carbocycles. The van der Waals surface area contributed by atoms with E-state index in [0.29, 0.717) is 11.5 Å². The smallest absolute Gasteiger partial charge is 0.0649 e. The predicted molar refractivity (Wildman–Crippen MR) is 79.2 cm³/mol. The molecule has 0 aromatic carbocycles. The second kappa shape index (κ2) is 6.13. The van der Waals surface area contributed by atoms with E-state index in [1.807, 2.05) is 0 Å². The van der Waals surface area contributed by atoms with Crippen LogP contribution in [0.1, 0.15) is 78.6 Å². The molecular weight excluding hydrogens is 236 g/mol. The summed E-state index contributed by atoms with van der Waals surface area (Å²) in [7, 11) is 0. The minimum absolute atomic E-state index is 0.397. The lowest BCUT2D eigenvalue weighted by Crippen LogP contribution is -2.38. The van der Waals surface area contributed by atoms with Crippen molar-refractivity contribution in [1.29, 1.82) is 0 Å². The van der Waals surface area contributed by atoms with Crippen molar-refractivity contribution >= 4 is 0 Å². The van der Waals surface area contributed by atoms with Crippen LogP contribution in [0.4, 0.5) is 0 Å². The topological polar surface area (TPSA) is 29.5 Å². The Balaban J connectivity index is 1.77. The molecule has 1 saturated heterocycles. The average molecular weight is 268 g/mol. The van der Waals surface area contributed by atoms with Crippen LogP contribution in [0.3, 0.4) is 0 Å². The van der Waals surface area contributed by atoms with Crippen LogP contribution < -0.4 is 0 Å². The fraction of sp³-hybridized carbons (Fsp3) is 1.00. The first-order chi connectivity index (χ1) is 8.95. The third kappa shape index (κ3) is 3.95. The Labute approximate surface area is 118 Å². The third-order valence-electron chi connectivity index (χ3n) is 5.89. The summed E-state index contributed by atoms with van der Waals surface area (Å²) in [6.45, 7) is 7.98. The van der Waals surface area contributed by atoms with Crippen molar-refractivity contribution in [2.75, 3.05) is 6.61 Å². The van der Waals surface area contributed by atoms with Gasteiger partial charge < -0.3 is 9.84 Å². The SMILES string of the molecule is CCC(C)(C)C1CCC(O)(CCC2CCCO2)CC1. The Bertz CT molecular complexity index is 271. The molecule has 1 unspecified atom stereocenters. The van der Waals surface area contributed by atoms with Crippen LogP contribution in [-0.2, 0) is 4.74 Å². The lowest BCUT2D eigenvalue weighted by Gasteiger charge is -2.43. The van der Waals surface area contributed by atoms with Crippen LogP contribution in [0.2, 0.25) is 0 Å². The normalized spacial score (nSPS) is 36.6. The van der Waals surface area contributed by atoms with Crippen molar-refractivity contribution in [2.24, 2.45) is 11.3 Å². The molecule has 0 spiro atoms. The third-order valence-corrected chi connectivity index (χ3v) is 5.89. The summed E-state index contributed by atoms with van der Waals surface area (Å²) in [5.41, 5.74) is 0.0438. The molecule has 19 heavy (non-hydrogen) atoms. The second-order valence-corrected chi connectivity index (χ2v) is 7.51. The number of hydrogen-bond donors (Lipinski definition) is 1. The molecule has 0 bridgehead atoms.